The first kappa shape index (κ1) is 31.0. The SMILES string of the molecule is C#Cc1ccc(C(C(=O)NCCCC)N(C(=O)C(CC(C)C)NC(=O)OC(C)(C)C)C(C)(C)C)cc1. The molecular weight excluding hydrogens is 454 g/mol. The van der Waals surface area contributed by atoms with Crippen molar-refractivity contribution in [3.63, 3.8) is 0 Å². The van der Waals surface area contributed by atoms with Gasteiger partial charge in [-0.2, -0.15) is 0 Å². The molecule has 0 saturated heterocycles. The number of nitrogens with zero attached hydrogens (tertiary/aromatic N) is 1. The molecule has 200 valence electrons. The Kier molecular flexibility index (Phi) is 11.5. The molecule has 7 nitrogen and oxygen atoms in total. The van der Waals surface area contributed by atoms with E-state index in [0.717, 1.165) is 12.8 Å². The Morgan fingerprint density at radius 3 is 2.08 bits per heavy atom. The molecule has 1 aromatic carbocycles. The average molecular weight is 500 g/mol. The number of benzene rings is 1. The molecule has 0 saturated carbocycles. The number of ether oxygens (including phenoxy) is 1. The highest BCUT2D eigenvalue weighted by atomic mass is 16.6. The normalized spacial score (nSPS) is 13.4. The van der Waals surface area contributed by atoms with Gasteiger partial charge in [0.05, 0.1) is 0 Å². The standard InChI is InChI=1S/C29H45N3O4/c1-11-13-18-30-25(33)24(22-16-14-21(12-2)15-17-22)32(28(5,6)7)26(34)23(19-20(3)4)31-27(35)36-29(8,9)10/h2,14-17,20,23-24H,11,13,18-19H2,1,3-10H3,(H,30,33)(H,31,35). The molecule has 0 radical (unpaired) electrons. The smallest absolute Gasteiger partial charge is 0.408 e. The number of nitrogens with one attached hydrogen (secondary N) is 2. The molecule has 2 atom stereocenters. The van der Waals surface area contributed by atoms with Gasteiger partial charge >= 0.3 is 6.09 Å². The zero-order valence-electron chi connectivity index (χ0n) is 23.5. The third-order valence-corrected chi connectivity index (χ3v) is 5.39. The summed E-state index contributed by atoms with van der Waals surface area (Å²) in [6.45, 7) is 17.5. The fourth-order valence-electron chi connectivity index (χ4n) is 3.82. The number of carbonyl (C=O) groups excluding carboxylic acids is 3. The van der Waals surface area contributed by atoms with Crippen molar-refractivity contribution in [2.75, 3.05) is 6.54 Å². The Morgan fingerprint density at radius 1 is 1.06 bits per heavy atom. The molecular formula is C29H45N3O4. The summed E-state index contributed by atoms with van der Waals surface area (Å²) in [4.78, 5) is 41.9. The summed E-state index contributed by atoms with van der Waals surface area (Å²) in [6.07, 6.45) is 7.01. The first-order valence-electron chi connectivity index (χ1n) is 12.8. The second-order valence-corrected chi connectivity index (χ2v) is 11.5. The average Bonchev–Trinajstić information content (AvgIpc) is 2.74. The summed E-state index contributed by atoms with van der Waals surface area (Å²) < 4.78 is 5.43. The van der Waals surface area contributed by atoms with Gasteiger partial charge < -0.3 is 20.3 Å². The van der Waals surface area contributed by atoms with Crippen molar-refractivity contribution in [2.24, 2.45) is 5.92 Å². The molecule has 2 N–H and O–H groups in total. The van der Waals surface area contributed by atoms with E-state index in [1.54, 1.807) is 49.9 Å². The van der Waals surface area contributed by atoms with Crippen molar-refractivity contribution in [2.45, 2.75) is 105 Å². The van der Waals surface area contributed by atoms with Crippen molar-refractivity contribution < 1.29 is 19.1 Å². The zero-order chi connectivity index (χ0) is 27.7. The van der Waals surface area contributed by atoms with Gasteiger partial charge in [-0.25, -0.2) is 4.79 Å². The van der Waals surface area contributed by atoms with E-state index in [0.29, 0.717) is 24.1 Å². The summed E-state index contributed by atoms with van der Waals surface area (Å²) in [5.74, 6) is 2.07. The van der Waals surface area contributed by atoms with Gasteiger partial charge in [-0.1, -0.05) is 45.2 Å². The van der Waals surface area contributed by atoms with Crippen LogP contribution in [-0.4, -0.2) is 46.5 Å². The van der Waals surface area contributed by atoms with E-state index in [4.69, 9.17) is 11.2 Å². The largest absolute Gasteiger partial charge is 0.444 e. The van der Waals surface area contributed by atoms with E-state index in [9.17, 15) is 14.4 Å². The number of unbranched alkanes of at least 4 members (excludes halogenated alkanes) is 1. The molecule has 1 rings (SSSR count). The molecule has 2 unspecified atom stereocenters. The van der Waals surface area contributed by atoms with Gasteiger partial charge in [0.2, 0.25) is 11.8 Å². The van der Waals surface area contributed by atoms with E-state index in [2.05, 4.69) is 16.6 Å². The molecule has 0 heterocycles. The monoisotopic (exact) mass is 499 g/mol. The fourth-order valence-corrected chi connectivity index (χ4v) is 3.82. The fraction of sp³-hybridized carbons (Fsp3) is 0.621. The Hall–Kier alpha value is -3.01. The molecule has 0 aliphatic carbocycles. The van der Waals surface area contributed by atoms with Crippen LogP contribution in [0.15, 0.2) is 24.3 Å². The van der Waals surface area contributed by atoms with E-state index in [-0.39, 0.29) is 17.7 Å². The number of carbonyl (C=O) groups is 3. The van der Waals surface area contributed by atoms with Crippen molar-refractivity contribution in [3.8, 4) is 12.3 Å². The summed E-state index contributed by atoms with van der Waals surface area (Å²) in [5.41, 5.74) is -0.118. The van der Waals surface area contributed by atoms with Gasteiger partial charge in [0.1, 0.15) is 17.7 Å². The van der Waals surface area contributed by atoms with Crippen molar-refractivity contribution in [1.82, 2.24) is 15.5 Å². The maximum absolute atomic E-state index is 14.1. The lowest BCUT2D eigenvalue weighted by Crippen LogP contribution is -2.58. The first-order chi connectivity index (χ1) is 16.6. The maximum Gasteiger partial charge on any atom is 0.408 e. The topological polar surface area (TPSA) is 87.7 Å². The Bertz CT molecular complexity index is 918. The second-order valence-electron chi connectivity index (χ2n) is 11.5. The second kappa shape index (κ2) is 13.3. The maximum atomic E-state index is 14.1. The van der Waals surface area contributed by atoms with Crippen molar-refractivity contribution in [1.29, 1.82) is 0 Å². The molecule has 0 bridgehead atoms. The minimum Gasteiger partial charge on any atom is -0.444 e. The van der Waals surface area contributed by atoms with E-state index >= 15 is 0 Å². The van der Waals surface area contributed by atoms with Gasteiger partial charge in [0, 0.05) is 17.6 Å². The molecule has 0 fully saturated rings. The van der Waals surface area contributed by atoms with Crippen molar-refractivity contribution >= 4 is 17.9 Å². The Morgan fingerprint density at radius 2 is 1.64 bits per heavy atom. The number of rotatable bonds is 10. The highest BCUT2D eigenvalue weighted by molar-refractivity contribution is 5.92. The lowest BCUT2D eigenvalue weighted by atomic mass is 9.93. The van der Waals surface area contributed by atoms with Crippen LogP contribution in [0, 0.1) is 18.3 Å². The number of alkyl carbamates (subject to hydrolysis) is 1. The molecule has 36 heavy (non-hydrogen) atoms. The van der Waals surface area contributed by atoms with Crippen LogP contribution in [0.2, 0.25) is 0 Å². The molecule has 7 heteroatoms. The molecule has 3 amide bonds. The van der Waals surface area contributed by atoms with Gasteiger partial charge in [-0.15, -0.1) is 6.42 Å². The zero-order valence-corrected chi connectivity index (χ0v) is 23.5. The van der Waals surface area contributed by atoms with Gasteiger partial charge in [0.15, 0.2) is 0 Å². The Balaban J connectivity index is 3.53. The van der Waals surface area contributed by atoms with Crippen LogP contribution in [0.25, 0.3) is 0 Å². The van der Waals surface area contributed by atoms with Crippen LogP contribution in [-0.2, 0) is 14.3 Å². The molecule has 0 aliphatic rings. The van der Waals surface area contributed by atoms with E-state index in [1.165, 1.54) is 0 Å². The highest BCUT2D eigenvalue weighted by Crippen LogP contribution is 2.31. The number of amides is 3. The van der Waals surface area contributed by atoms with Crippen LogP contribution in [0.4, 0.5) is 4.79 Å². The minimum absolute atomic E-state index is 0.113. The summed E-state index contributed by atoms with van der Waals surface area (Å²) >= 11 is 0. The molecule has 0 spiro atoms. The van der Waals surface area contributed by atoms with Crippen LogP contribution < -0.4 is 10.6 Å². The van der Waals surface area contributed by atoms with E-state index in [1.807, 2.05) is 41.5 Å². The first-order valence-corrected chi connectivity index (χ1v) is 12.8. The quantitative estimate of drug-likeness (QED) is 0.342. The van der Waals surface area contributed by atoms with Crippen LogP contribution in [0.3, 0.4) is 0 Å². The number of terminal acetylenes is 1. The predicted molar refractivity (Wildman–Crippen MR) is 144 cm³/mol. The summed E-state index contributed by atoms with van der Waals surface area (Å²) in [6, 6.07) is 5.31. The van der Waals surface area contributed by atoms with Gasteiger partial charge in [-0.05, 0) is 78.0 Å². The van der Waals surface area contributed by atoms with Gasteiger partial charge in [0.25, 0.3) is 0 Å². The summed E-state index contributed by atoms with van der Waals surface area (Å²) in [7, 11) is 0. The van der Waals surface area contributed by atoms with Crippen molar-refractivity contribution in [3.05, 3.63) is 35.4 Å². The lowest BCUT2D eigenvalue weighted by Gasteiger charge is -2.43. The van der Waals surface area contributed by atoms with Crippen LogP contribution in [0.1, 0.15) is 98.7 Å². The van der Waals surface area contributed by atoms with Crippen LogP contribution >= 0.6 is 0 Å². The molecule has 0 aromatic heterocycles. The van der Waals surface area contributed by atoms with Gasteiger partial charge in [-0.3, -0.25) is 9.59 Å². The number of hydrogen-bond acceptors (Lipinski definition) is 4. The van der Waals surface area contributed by atoms with Crippen LogP contribution in [0.5, 0.6) is 0 Å². The third-order valence-electron chi connectivity index (χ3n) is 5.39. The predicted octanol–water partition coefficient (Wildman–Crippen LogP) is 5.19. The third kappa shape index (κ3) is 9.93. The molecule has 1 aromatic rings. The molecule has 0 aliphatic heterocycles. The Labute approximate surface area is 217 Å². The highest BCUT2D eigenvalue weighted by Gasteiger charge is 2.41. The lowest BCUT2D eigenvalue weighted by molar-refractivity contribution is -0.148. The van der Waals surface area contributed by atoms with E-state index < -0.39 is 29.3 Å². The summed E-state index contributed by atoms with van der Waals surface area (Å²) in [5, 5.41) is 5.75. The number of hydrogen-bond donors (Lipinski definition) is 2. The minimum atomic E-state index is -0.906.